The Balaban J connectivity index is 2.76. The molecule has 0 atom stereocenters. The summed E-state index contributed by atoms with van der Waals surface area (Å²) in [6.45, 7) is 0. The van der Waals surface area contributed by atoms with Gasteiger partial charge in [-0.05, 0) is 28.1 Å². The fraction of sp³-hybridized carbons (Fsp3) is 0.111. The molecule has 1 aromatic heterocycles. The molecule has 0 fully saturated rings. The minimum absolute atomic E-state index is 0.757. The van der Waals surface area contributed by atoms with Crippen LogP contribution in [0.2, 0.25) is 0 Å². The number of hydrogen-bond acceptors (Lipinski definition) is 3. The summed E-state index contributed by atoms with van der Waals surface area (Å²) in [7, 11) is 1.67. The lowest BCUT2D eigenvalue weighted by Gasteiger charge is -1.97. The molecule has 0 aliphatic heterocycles. The molecule has 0 radical (unpaired) electrons. The quantitative estimate of drug-likeness (QED) is 0.797. The molecule has 2 rings (SSSR count). The van der Waals surface area contributed by atoms with E-state index in [1.807, 2.05) is 18.2 Å². The molecule has 1 aromatic carbocycles. The Kier molecular flexibility index (Phi) is 2.17. The van der Waals surface area contributed by atoms with E-state index in [1.165, 1.54) is 4.70 Å². The predicted molar refractivity (Wildman–Crippen MR) is 60.5 cm³/mol. The van der Waals surface area contributed by atoms with Gasteiger partial charge in [0, 0.05) is 26.3 Å². The van der Waals surface area contributed by atoms with E-state index in [2.05, 4.69) is 15.9 Å². The van der Waals surface area contributed by atoms with Crippen molar-refractivity contribution in [3.8, 4) is 5.06 Å². The highest BCUT2D eigenvalue weighted by Gasteiger charge is 2.06. The number of methoxy groups -OCH3 is 1. The maximum absolute atomic E-state index is 5.75. The topological polar surface area (TPSA) is 35.2 Å². The van der Waals surface area contributed by atoms with E-state index in [-0.39, 0.29) is 0 Å². The van der Waals surface area contributed by atoms with Crippen LogP contribution in [0.15, 0.2) is 22.7 Å². The van der Waals surface area contributed by atoms with Crippen molar-refractivity contribution in [3.05, 3.63) is 22.7 Å². The van der Waals surface area contributed by atoms with Crippen molar-refractivity contribution in [1.29, 1.82) is 0 Å². The molecular weight excluding hydrogens is 250 g/mol. The summed E-state index contributed by atoms with van der Waals surface area (Å²) in [5, 5.41) is 2.02. The Morgan fingerprint density at radius 3 is 2.92 bits per heavy atom. The van der Waals surface area contributed by atoms with Crippen LogP contribution >= 0.6 is 27.3 Å². The Hall–Kier alpha value is -0.740. The van der Waals surface area contributed by atoms with Gasteiger partial charge in [0.25, 0.3) is 0 Å². The molecule has 2 aromatic rings. The van der Waals surface area contributed by atoms with Gasteiger partial charge in [-0.25, -0.2) is 0 Å². The van der Waals surface area contributed by atoms with Gasteiger partial charge in [0.05, 0.1) is 7.11 Å². The Bertz CT molecular complexity index is 452. The minimum Gasteiger partial charge on any atom is -0.487 e. The highest BCUT2D eigenvalue weighted by Crippen LogP contribution is 2.38. The molecule has 0 saturated carbocycles. The molecule has 13 heavy (non-hydrogen) atoms. The molecule has 2 nitrogen and oxygen atoms in total. The maximum atomic E-state index is 5.75. The van der Waals surface area contributed by atoms with Gasteiger partial charge in [-0.2, -0.15) is 0 Å². The first-order valence-corrected chi connectivity index (χ1v) is 5.35. The van der Waals surface area contributed by atoms with Crippen LogP contribution in [0.5, 0.6) is 5.06 Å². The Morgan fingerprint density at radius 2 is 2.23 bits per heavy atom. The van der Waals surface area contributed by atoms with Gasteiger partial charge in [0.1, 0.15) is 0 Å². The van der Waals surface area contributed by atoms with Crippen molar-refractivity contribution in [2.24, 2.45) is 0 Å². The fourth-order valence-corrected chi connectivity index (χ4v) is 2.65. The standard InChI is InChI=1S/C9H8BrNOS/c1-12-8-4-5-7(13-8)3-2-6(11)9(5)10/h2-4H,11H2,1H3. The normalized spacial score (nSPS) is 10.6. The second-order valence-electron chi connectivity index (χ2n) is 2.65. The monoisotopic (exact) mass is 257 g/mol. The van der Waals surface area contributed by atoms with Crippen molar-refractivity contribution in [2.45, 2.75) is 0 Å². The summed E-state index contributed by atoms with van der Waals surface area (Å²) < 4.78 is 7.28. The zero-order valence-corrected chi connectivity index (χ0v) is 9.41. The summed E-state index contributed by atoms with van der Waals surface area (Å²) in [6, 6.07) is 5.88. The number of nitrogens with two attached hydrogens (primary N) is 1. The molecule has 0 saturated heterocycles. The van der Waals surface area contributed by atoms with Crippen LogP contribution in [0, 0.1) is 0 Å². The number of benzene rings is 1. The van der Waals surface area contributed by atoms with Gasteiger partial charge in [-0.15, -0.1) is 0 Å². The lowest BCUT2D eigenvalue weighted by molar-refractivity contribution is 0.427. The number of fused-ring (bicyclic) bond motifs is 1. The Morgan fingerprint density at radius 1 is 1.46 bits per heavy atom. The number of thiophene rings is 1. The van der Waals surface area contributed by atoms with Crippen molar-refractivity contribution in [1.82, 2.24) is 0 Å². The van der Waals surface area contributed by atoms with Crippen molar-refractivity contribution in [2.75, 3.05) is 12.8 Å². The van der Waals surface area contributed by atoms with Crippen molar-refractivity contribution < 1.29 is 4.74 Å². The van der Waals surface area contributed by atoms with Crippen LogP contribution in [-0.4, -0.2) is 7.11 Å². The van der Waals surface area contributed by atoms with E-state index in [4.69, 9.17) is 10.5 Å². The minimum atomic E-state index is 0.757. The first kappa shape index (κ1) is 8.84. The molecule has 1 heterocycles. The van der Waals surface area contributed by atoms with Crippen molar-refractivity contribution in [3.63, 3.8) is 0 Å². The van der Waals surface area contributed by atoms with Gasteiger partial charge < -0.3 is 10.5 Å². The molecule has 0 aliphatic carbocycles. The first-order chi connectivity index (χ1) is 6.22. The van der Waals surface area contributed by atoms with E-state index in [9.17, 15) is 0 Å². The summed E-state index contributed by atoms with van der Waals surface area (Å²) in [5.74, 6) is 0. The zero-order valence-electron chi connectivity index (χ0n) is 7.00. The van der Waals surface area contributed by atoms with Crippen LogP contribution < -0.4 is 10.5 Å². The van der Waals surface area contributed by atoms with E-state index >= 15 is 0 Å². The molecule has 0 bridgehead atoms. The average Bonchev–Trinajstić information content (AvgIpc) is 2.55. The van der Waals surface area contributed by atoms with E-state index in [1.54, 1.807) is 18.4 Å². The molecule has 0 unspecified atom stereocenters. The molecule has 0 amide bonds. The van der Waals surface area contributed by atoms with Crippen molar-refractivity contribution >= 4 is 43.0 Å². The first-order valence-electron chi connectivity index (χ1n) is 3.74. The molecule has 0 spiro atoms. The van der Waals surface area contributed by atoms with Gasteiger partial charge in [0.2, 0.25) is 0 Å². The third-order valence-corrected chi connectivity index (χ3v) is 3.79. The molecule has 2 N–H and O–H groups in total. The number of rotatable bonds is 1. The zero-order chi connectivity index (χ0) is 9.42. The largest absolute Gasteiger partial charge is 0.487 e. The highest BCUT2D eigenvalue weighted by atomic mass is 79.9. The second kappa shape index (κ2) is 3.20. The van der Waals surface area contributed by atoms with Crippen LogP contribution in [-0.2, 0) is 0 Å². The third-order valence-electron chi connectivity index (χ3n) is 1.84. The van der Waals surface area contributed by atoms with E-state index < -0.39 is 0 Å². The lowest BCUT2D eigenvalue weighted by Crippen LogP contribution is -1.84. The molecular formula is C9H8BrNOS. The van der Waals surface area contributed by atoms with E-state index in [0.717, 1.165) is 20.6 Å². The highest BCUT2D eigenvalue weighted by molar-refractivity contribution is 9.10. The van der Waals surface area contributed by atoms with Crippen LogP contribution in [0.1, 0.15) is 0 Å². The van der Waals surface area contributed by atoms with Crippen LogP contribution in [0.3, 0.4) is 0 Å². The number of nitrogen functional groups attached to an aromatic ring is 1. The third kappa shape index (κ3) is 1.40. The average molecular weight is 258 g/mol. The van der Waals surface area contributed by atoms with Gasteiger partial charge >= 0.3 is 0 Å². The van der Waals surface area contributed by atoms with E-state index in [0.29, 0.717) is 0 Å². The number of hydrogen-bond donors (Lipinski definition) is 1. The number of halogens is 1. The van der Waals surface area contributed by atoms with Gasteiger partial charge in [-0.3, -0.25) is 0 Å². The number of ether oxygens (including phenoxy) is 1. The molecule has 4 heteroatoms. The Labute approximate surface area is 88.4 Å². The maximum Gasteiger partial charge on any atom is 0.174 e. The summed E-state index contributed by atoms with van der Waals surface area (Å²) in [6.07, 6.45) is 0. The van der Waals surface area contributed by atoms with Crippen LogP contribution in [0.4, 0.5) is 5.69 Å². The van der Waals surface area contributed by atoms with Gasteiger partial charge in [-0.1, -0.05) is 11.3 Å². The lowest BCUT2D eigenvalue weighted by atomic mass is 10.2. The van der Waals surface area contributed by atoms with Crippen LogP contribution in [0.25, 0.3) is 10.1 Å². The predicted octanol–water partition coefficient (Wildman–Crippen LogP) is 3.25. The summed E-state index contributed by atoms with van der Waals surface area (Å²) in [4.78, 5) is 0. The molecule has 68 valence electrons. The summed E-state index contributed by atoms with van der Waals surface area (Å²) >= 11 is 5.06. The summed E-state index contributed by atoms with van der Waals surface area (Å²) in [5.41, 5.74) is 6.51. The second-order valence-corrected chi connectivity index (χ2v) is 4.49. The van der Waals surface area contributed by atoms with Gasteiger partial charge in [0.15, 0.2) is 5.06 Å². The fourth-order valence-electron chi connectivity index (χ4n) is 1.17. The smallest absolute Gasteiger partial charge is 0.174 e. The number of anilines is 1. The SMILES string of the molecule is COc1cc2c(Br)c(N)ccc2s1. The molecule has 0 aliphatic rings.